The van der Waals surface area contributed by atoms with E-state index in [2.05, 4.69) is 25.9 Å². The highest BCUT2D eigenvalue weighted by atomic mass is 35.5. The van der Waals surface area contributed by atoms with Crippen molar-refractivity contribution in [2.24, 2.45) is 0 Å². The van der Waals surface area contributed by atoms with Gasteiger partial charge in [0.15, 0.2) is 11.5 Å². The molecule has 0 aliphatic carbocycles. The smallest absolute Gasteiger partial charge is 0.269 e. The molecule has 0 fully saturated rings. The van der Waals surface area contributed by atoms with Gasteiger partial charge >= 0.3 is 0 Å². The first kappa shape index (κ1) is 17.0. The number of halogens is 1. The third-order valence-corrected chi connectivity index (χ3v) is 4.26. The van der Waals surface area contributed by atoms with Gasteiger partial charge in [0.25, 0.3) is 5.91 Å². The fraction of sp³-hybridized carbons (Fsp3) is 0.0526. The molecule has 0 radical (unpaired) electrons. The van der Waals surface area contributed by atoms with Crippen LogP contribution in [-0.4, -0.2) is 25.7 Å². The highest BCUT2D eigenvalue weighted by molar-refractivity contribution is 6.30. The molecule has 134 valence electrons. The van der Waals surface area contributed by atoms with Crippen molar-refractivity contribution in [3.8, 4) is 5.69 Å². The zero-order valence-corrected chi connectivity index (χ0v) is 15.1. The topological polar surface area (TPSA) is 84.7 Å². The van der Waals surface area contributed by atoms with Crippen LogP contribution < -0.4 is 10.9 Å². The Morgan fingerprint density at radius 2 is 1.93 bits per heavy atom. The summed E-state index contributed by atoms with van der Waals surface area (Å²) >= 11 is 5.92. The molecule has 7 nitrogen and oxygen atoms in total. The lowest BCUT2D eigenvalue weighted by Crippen LogP contribution is -2.29. The van der Waals surface area contributed by atoms with Crippen LogP contribution in [0, 0.1) is 6.92 Å². The number of hydrogen-bond acceptors (Lipinski definition) is 5. The van der Waals surface area contributed by atoms with Gasteiger partial charge in [-0.05, 0) is 37.3 Å². The molecule has 0 unspecified atom stereocenters. The van der Waals surface area contributed by atoms with Crippen LogP contribution in [0.4, 0.5) is 5.82 Å². The van der Waals surface area contributed by atoms with Gasteiger partial charge in [0.1, 0.15) is 6.33 Å². The largest absolute Gasteiger partial charge is 0.281 e. The van der Waals surface area contributed by atoms with Crippen LogP contribution in [0.5, 0.6) is 0 Å². The lowest BCUT2D eigenvalue weighted by Gasteiger charge is -2.09. The van der Waals surface area contributed by atoms with E-state index in [-0.39, 0.29) is 5.91 Å². The van der Waals surface area contributed by atoms with E-state index in [0.717, 1.165) is 11.3 Å². The number of nitrogens with zero attached hydrogens (tertiary/aromatic N) is 4. The molecular weight excluding hydrogens is 364 g/mol. The van der Waals surface area contributed by atoms with Crippen molar-refractivity contribution in [1.29, 1.82) is 0 Å². The second-order valence-corrected chi connectivity index (χ2v) is 6.38. The van der Waals surface area contributed by atoms with E-state index >= 15 is 0 Å². The molecule has 2 aromatic carbocycles. The normalized spacial score (nSPS) is 10.7. The monoisotopic (exact) mass is 378 g/mol. The van der Waals surface area contributed by atoms with E-state index in [1.807, 2.05) is 31.2 Å². The number of carbonyl (C=O) groups excluding carboxylic acids is 1. The number of anilines is 1. The zero-order chi connectivity index (χ0) is 18.8. The minimum Gasteiger partial charge on any atom is -0.281 e. The van der Waals surface area contributed by atoms with Crippen LogP contribution in [0.1, 0.15) is 15.9 Å². The van der Waals surface area contributed by atoms with Gasteiger partial charge in [-0.25, -0.2) is 14.6 Å². The number of carbonyl (C=O) groups is 1. The fourth-order valence-corrected chi connectivity index (χ4v) is 2.83. The molecule has 0 aliphatic rings. The molecule has 4 aromatic rings. The third-order valence-electron chi connectivity index (χ3n) is 4.03. The number of hydrogen-bond donors (Lipinski definition) is 2. The summed E-state index contributed by atoms with van der Waals surface area (Å²) in [5.74, 6) is 0.129. The van der Waals surface area contributed by atoms with Crippen molar-refractivity contribution in [3.05, 3.63) is 77.2 Å². The predicted octanol–water partition coefficient (Wildman–Crippen LogP) is 3.53. The molecule has 1 amide bonds. The van der Waals surface area contributed by atoms with Gasteiger partial charge in [-0.3, -0.25) is 15.6 Å². The summed E-state index contributed by atoms with van der Waals surface area (Å²) in [6, 6.07) is 14.6. The lowest BCUT2D eigenvalue weighted by molar-refractivity contribution is 0.0962. The van der Waals surface area contributed by atoms with Gasteiger partial charge in [-0.15, -0.1) is 0 Å². The Hall–Kier alpha value is -3.45. The van der Waals surface area contributed by atoms with Gasteiger partial charge in [0.2, 0.25) is 0 Å². The average Bonchev–Trinajstić information content (AvgIpc) is 3.11. The summed E-state index contributed by atoms with van der Waals surface area (Å²) in [5.41, 5.74) is 8.58. The van der Waals surface area contributed by atoms with Gasteiger partial charge in [0, 0.05) is 10.6 Å². The molecule has 4 rings (SSSR count). The molecule has 0 saturated carbocycles. The number of hydrazine groups is 1. The third kappa shape index (κ3) is 3.45. The molecule has 0 atom stereocenters. The van der Waals surface area contributed by atoms with Crippen molar-refractivity contribution >= 4 is 34.4 Å². The van der Waals surface area contributed by atoms with Crippen LogP contribution in [0.3, 0.4) is 0 Å². The summed E-state index contributed by atoms with van der Waals surface area (Å²) in [6.07, 6.45) is 3.08. The van der Waals surface area contributed by atoms with Gasteiger partial charge in [0.05, 0.1) is 17.3 Å². The Morgan fingerprint density at radius 1 is 1.11 bits per heavy atom. The van der Waals surface area contributed by atoms with Crippen LogP contribution in [0.2, 0.25) is 5.02 Å². The maximum absolute atomic E-state index is 12.3. The summed E-state index contributed by atoms with van der Waals surface area (Å²) < 4.78 is 1.72. The molecule has 0 bridgehead atoms. The number of fused-ring (bicyclic) bond motifs is 1. The SMILES string of the molecule is Cc1ccc(-n2ncc3c(NNC(=O)c4cccc(Cl)c4)ncnc32)cc1. The predicted molar refractivity (Wildman–Crippen MR) is 104 cm³/mol. The van der Waals surface area contributed by atoms with Crippen molar-refractivity contribution in [1.82, 2.24) is 25.2 Å². The summed E-state index contributed by atoms with van der Waals surface area (Å²) in [5, 5.41) is 5.57. The Labute approximate surface area is 160 Å². The molecule has 8 heteroatoms. The molecular formula is C19H15ClN6O. The summed E-state index contributed by atoms with van der Waals surface area (Å²) in [4.78, 5) is 20.8. The number of amides is 1. The average molecular weight is 379 g/mol. The fourth-order valence-electron chi connectivity index (χ4n) is 2.64. The maximum Gasteiger partial charge on any atom is 0.269 e. The zero-order valence-electron chi connectivity index (χ0n) is 14.3. The first-order chi connectivity index (χ1) is 13.1. The second-order valence-electron chi connectivity index (χ2n) is 5.94. The van der Waals surface area contributed by atoms with Crippen LogP contribution in [0.25, 0.3) is 16.7 Å². The molecule has 0 saturated heterocycles. The highest BCUT2D eigenvalue weighted by Gasteiger charge is 2.12. The number of aryl methyl sites for hydroxylation is 1. The van der Waals surface area contributed by atoms with E-state index in [1.54, 1.807) is 35.1 Å². The lowest BCUT2D eigenvalue weighted by atomic mass is 10.2. The summed E-state index contributed by atoms with van der Waals surface area (Å²) in [6.45, 7) is 2.03. The molecule has 2 aromatic heterocycles. The minimum atomic E-state index is -0.324. The number of nitrogens with one attached hydrogen (secondary N) is 2. The summed E-state index contributed by atoms with van der Waals surface area (Å²) in [7, 11) is 0. The first-order valence-electron chi connectivity index (χ1n) is 8.19. The number of rotatable bonds is 4. The van der Waals surface area contributed by atoms with Gasteiger partial charge in [-0.1, -0.05) is 35.4 Å². The molecule has 2 heterocycles. The van der Waals surface area contributed by atoms with Crippen LogP contribution in [0.15, 0.2) is 61.1 Å². The van der Waals surface area contributed by atoms with Crippen molar-refractivity contribution in [3.63, 3.8) is 0 Å². The quantitative estimate of drug-likeness (QED) is 0.530. The maximum atomic E-state index is 12.3. The van der Waals surface area contributed by atoms with Gasteiger partial charge < -0.3 is 0 Å². The Bertz CT molecular complexity index is 1120. The van der Waals surface area contributed by atoms with E-state index in [0.29, 0.717) is 27.4 Å². The Morgan fingerprint density at radius 3 is 2.70 bits per heavy atom. The van der Waals surface area contributed by atoms with E-state index in [9.17, 15) is 4.79 Å². The standard InChI is InChI=1S/C19H15ClN6O/c1-12-5-7-15(8-6-12)26-18-16(10-23-26)17(21-11-22-18)24-25-19(27)13-3-2-4-14(20)9-13/h2-11H,1H3,(H,25,27)(H,21,22,24). The number of benzene rings is 2. The Kier molecular flexibility index (Phi) is 4.43. The van der Waals surface area contributed by atoms with Gasteiger partial charge in [-0.2, -0.15) is 5.10 Å². The molecule has 0 spiro atoms. The van der Waals surface area contributed by atoms with E-state index in [1.165, 1.54) is 6.33 Å². The van der Waals surface area contributed by atoms with E-state index < -0.39 is 0 Å². The van der Waals surface area contributed by atoms with E-state index in [4.69, 9.17) is 11.6 Å². The minimum absolute atomic E-state index is 0.324. The van der Waals surface area contributed by atoms with Crippen molar-refractivity contribution in [2.45, 2.75) is 6.92 Å². The molecule has 0 aliphatic heterocycles. The highest BCUT2D eigenvalue weighted by Crippen LogP contribution is 2.21. The molecule has 27 heavy (non-hydrogen) atoms. The van der Waals surface area contributed by atoms with Crippen molar-refractivity contribution in [2.75, 3.05) is 5.43 Å². The van der Waals surface area contributed by atoms with Crippen LogP contribution in [-0.2, 0) is 0 Å². The second kappa shape index (κ2) is 7.05. The first-order valence-corrected chi connectivity index (χ1v) is 8.57. The molecule has 2 N–H and O–H groups in total. The number of aromatic nitrogens is 4. The Balaban J connectivity index is 1.60. The van der Waals surface area contributed by atoms with Crippen LogP contribution >= 0.6 is 11.6 Å². The van der Waals surface area contributed by atoms with Crippen molar-refractivity contribution < 1.29 is 4.79 Å².